The molecule has 1 aliphatic rings. The lowest BCUT2D eigenvalue weighted by Gasteiger charge is -2.21. The predicted molar refractivity (Wildman–Crippen MR) is 82.6 cm³/mol. The van der Waals surface area contributed by atoms with E-state index in [1.54, 1.807) is 24.3 Å². The maximum Gasteiger partial charge on any atom is 0.238 e. The van der Waals surface area contributed by atoms with E-state index in [1.807, 2.05) is 4.90 Å². The molecular weight excluding hydrogens is 274 g/mol. The standard InChI is InChI=1S/C14H19N3O2S/c15-14(20)10-3-1-4-11(7-10)16-13(19)8-17-6-2-5-12(17)9-18/h1,3-4,7,12,18H,2,5-6,8-9H2,(H2,15,20)(H,16,19). The van der Waals surface area contributed by atoms with Crippen molar-refractivity contribution in [3.63, 3.8) is 0 Å². The monoisotopic (exact) mass is 293 g/mol. The highest BCUT2D eigenvalue weighted by molar-refractivity contribution is 7.80. The third-order valence-corrected chi connectivity index (χ3v) is 3.72. The summed E-state index contributed by atoms with van der Waals surface area (Å²) >= 11 is 4.91. The van der Waals surface area contributed by atoms with Crippen LogP contribution in [-0.2, 0) is 4.79 Å². The molecule has 1 heterocycles. The quantitative estimate of drug-likeness (QED) is 0.697. The third-order valence-electron chi connectivity index (χ3n) is 3.49. The van der Waals surface area contributed by atoms with Crippen molar-refractivity contribution in [2.45, 2.75) is 18.9 Å². The Morgan fingerprint density at radius 1 is 1.55 bits per heavy atom. The van der Waals surface area contributed by atoms with Crippen LogP contribution >= 0.6 is 12.2 Å². The molecule has 1 amide bonds. The topological polar surface area (TPSA) is 78.6 Å². The number of carbonyl (C=O) groups excluding carboxylic acids is 1. The number of amides is 1. The molecule has 1 saturated heterocycles. The Labute approximate surface area is 123 Å². The van der Waals surface area contributed by atoms with Crippen LogP contribution in [0.4, 0.5) is 5.69 Å². The Balaban J connectivity index is 1.94. The van der Waals surface area contributed by atoms with Crippen LogP contribution in [0.5, 0.6) is 0 Å². The van der Waals surface area contributed by atoms with Crippen LogP contribution < -0.4 is 11.1 Å². The number of nitrogens with zero attached hydrogens (tertiary/aromatic N) is 1. The normalized spacial score (nSPS) is 18.9. The van der Waals surface area contributed by atoms with Gasteiger partial charge in [0, 0.05) is 17.3 Å². The Bertz CT molecular complexity index is 507. The van der Waals surface area contributed by atoms with Gasteiger partial charge in [-0.3, -0.25) is 9.69 Å². The van der Waals surface area contributed by atoms with Crippen LogP contribution in [0, 0.1) is 0 Å². The molecule has 108 valence electrons. The number of benzene rings is 1. The lowest BCUT2D eigenvalue weighted by atomic mass is 10.2. The Hall–Kier alpha value is -1.50. The largest absolute Gasteiger partial charge is 0.395 e. The average molecular weight is 293 g/mol. The maximum absolute atomic E-state index is 12.0. The number of nitrogens with two attached hydrogens (primary N) is 1. The van der Waals surface area contributed by atoms with E-state index in [2.05, 4.69) is 5.32 Å². The number of hydrogen-bond donors (Lipinski definition) is 3. The van der Waals surface area contributed by atoms with Crippen LogP contribution in [0.1, 0.15) is 18.4 Å². The summed E-state index contributed by atoms with van der Waals surface area (Å²) in [5.41, 5.74) is 6.97. The summed E-state index contributed by atoms with van der Waals surface area (Å²) in [5, 5.41) is 12.1. The van der Waals surface area contributed by atoms with Crippen LogP contribution in [-0.4, -0.2) is 46.6 Å². The minimum absolute atomic E-state index is 0.0922. The molecule has 5 nitrogen and oxygen atoms in total. The zero-order chi connectivity index (χ0) is 14.5. The number of aliphatic hydroxyl groups excluding tert-OH is 1. The number of likely N-dealkylation sites (tertiary alicyclic amines) is 1. The van der Waals surface area contributed by atoms with Crippen LogP contribution in [0.15, 0.2) is 24.3 Å². The minimum Gasteiger partial charge on any atom is -0.395 e. The molecule has 2 rings (SSSR count). The van der Waals surface area contributed by atoms with Crippen molar-refractivity contribution < 1.29 is 9.90 Å². The van der Waals surface area contributed by atoms with E-state index in [1.165, 1.54) is 0 Å². The zero-order valence-corrected chi connectivity index (χ0v) is 12.0. The fourth-order valence-electron chi connectivity index (χ4n) is 2.45. The van der Waals surface area contributed by atoms with Gasteiger partial charge in [-0.1, -0.05) is 24.4 Å². The van der Waals surface area contributed by atoms with Crippen LogP contribution in [0.3, 0.4) is 0 Å². The number of aliphatic hydroxyl groups is 1. The highest BCUT2D eigenvalue weighted by atomic mass is 32.1. The lowest BCUT2D eigenvalue weighted by Crippen LogP contribution is -2.38. The van der Waals surface area contributed by atoms with Gasteiger partial charge in [0.1, 0.15) is 4.99 Å². The zero-order valence-electron chi connectivity index (χ0n) is 11.2. The van der Waals surface area contributed by atoms with E-state index in [4.69, 9.17) is 18.0 Å². The second-order valence-electron chi connectivity index (χ2n) is 4.94. The summed E-state index contributed by atoms with van der Waals surface area (Å²) in [7, 11) is 0. The van der Waals surface area contributed by atoms with Crippen molar-refractivity contribution in [3.8, 4) is 0 Å². The first-order valence-corrected chi connectivity index (χ1v) is 7.05. The molecule has 4 N–H and O–H groups in total. The number of hydrogen-bond acceptors (Lipinski definition) is 4. The van der Waals surface area contributed by atoms with Gasteiger partial charge in [-0.2, -0.15) is 0 Å². The van der Waals surface area contributed by atoms with Gasteiger partial charge in [0.15, 0.2) is 0 Å². The number of thiocarbonyl (C=S) groups is 1. The first-order chi connectivity index (χ1) is 9.60. The van der Waals surface area contributed by atoms with Gasteiger partial charge in [-0.25, -0.2) is 0 Å². The first-order valence-electron chi connectivity index (χ1n) is 6.65. The van der Waals surface area contributed by atoms with E-state index in [9.17, 15) is 9.90 Å². The smallest absolute Gasteiger partial charge is 0.238 e. The first kappa shape index (κ1) is 14.9. The van der Waals surface area contributed by atoms with E-state index in [-0.39, 0.29) is 18.6 Å². The van der Waals surface area contributed by atoms with Crippen molar-refractivity contribution in [2.75, 3.05) is 25.0 Å². The second kappa shape index (κ2) is 6.78. The molecule has 0 aromatic heterocycles. The fourth-order valence-corrected chi connectivity index (χ4v) is 2.57. The summed E-state index contributed by atoms with van der Waals surface area (Å²) in [5.74, 6) is -0.0922. The number of carbonyl (C=O) groups is 1. The van der Waals surface area contributed by atoms with E-state index in [0.29, 0.717) is 17.2 Å². The van der Waals surface area contributed by atoms with Crippen molar-refractivity contribution in [1.29, 1.82) is 0 Å². The Kier molecular flexibility index (Phi) is 5.05. The molecule has 20 heavy (non-hydrogen) atoms. The van der Waals surface area contributed by atoms with Crippen molar-refractivity contribution in [1.82, 2.24) is 4.90 Å². The highest BCUT2D eigenvalue weighted by Gasteiger charge is 2.25. The molecule has 6 heteroatoms. The molecule has 1 aromatic rings. The molecule has 0 radical (unpaired) electrons. The summed E-state index contributed by atoms with van der Waals surface area (Å²) in [6.07, 6.45) is 1.97. The summed E-state index contributed by atoms with van der Waals surface area (Å²) < 4.78 is 0. The van der Waals surface area contributed by atoms with Gasteiger partial charge in [0.2, 0.25) is 5.91 Å². The van der Waals surface area contributed by atoms with Crippen LogP contribution in [0.2, 0.25) is 0 Å². The minimum atomic E-state index is -0.0922. The fraction of sp³-hybridized carbons (Fsp3) is 0.429. The molecule has 1 unspecified atom stereocenters. The molecule has 0 spiro atoms. The number of anilines is 1. The van der Waals surface area contributed by atoms with Crippen molar-refractivity contribution >= 4 is 28.8 Å². The van der Waals surface area contributed by atoms with Crippen LogP contribution in [0.25, 0.3) is 0 Å². The van der Waals surface area contributed by atoms with Gasteiger partial charge >= 0.3 is 0 Å². The average Bonchev–Trinajstić information content (AvgIpc) is 2.86. The maximum atomic E-state index is 12.0. The molecule has 1 aromatic carbocycles. The summed E-state index contributed by atoms with van der Waals surface area (Å²) in [4.78, 5) is 14.3. The molecule has 0 saturated carbocycles. The highest BCUT2D eigenvalue weighted by Crippen LogP contribution is 2.16. The Morgan fingerprint density at radius 3 is 3.05 bits per heavy atom. The SMILES string of the molecule is NC(=S)c1cccc(NC(=O)CN2CCCC2CO)c1. The molecule has 0 bridgehead atoms. The molecule has 0 aliphatic carbocycles. The molecule has 1 fully saturated rings. The molecule has 1 aliphatic heterocycles. The third kappa shape index (κ3) is 3.75. The van der Waals surface area contributed by atoms with Gasteiger partial charge in [0.25, 0.3) is 0 Å². The van der Waals surface area contributed by atoms with Crippen molar-refractivity contribution in [3.05, 3.63) is 29.8 Å². The van der Waals surface area contributed by atoms with E-state index < -0.39 is 0 Å². The molecule has 1 atom stereocenters. The van der Waals surface area contributed by atoms with Gasteiger partial charge < -0.3 is 16.2 Å². The van der Waals surface area contributed by atoms with Gasteiger partial charge in [-0.05, 0) is 31.5 Å². The van der Waals surface area contributed by atoms with E-state index in [0.717, 1.165) is 24.9 Å². The summed E-state index contributed by atoms with van der Waals surface area (Å²) in [6.45, 7) is 1.25. The second-order valence-corrected chi connectivity index (χ2v) is 5.38. The number of rotatable bonds is 5. The lowest BCUT2D eigenvalue weighted by molar-refractivity contribution is -0.117. The van der Waals surface area contributed by atoms with E-state index >= 15 is 0 Å². The number of nitrogens with one attached hydrogen (secondary N) is 1. The van der Waals surface area contributed by atoms with Gasteiger partial charge in [0.05, 0.1) is 13.2 Å². The van der Waals surface area contributed by atoms with Crippen molar-refractivity contribution in [2.24, 2.45) is 5.73 Å². The predicted octanol–water partition coefficient (Wildman–Crippen LogP) is 0.716. The summed E-state index contributed by atoms with van der Waals surface area (Å²) in [6, 6.07) is 7.26. The van der Waals surface area contributed by atoms with Gasteiger partial charge in [-0.15, -0.1) is 0 Å². The Morgan fingerprint density at radius 2 is 2.35 bits per heavy atom. The molecular formula is C14H19N3O2S.